The van der Waals surface area contributed by atoms with Gasteiger partial charge in [-0.15, -0.1) is 0 Å². The number of nitrogens with zero attached hydrogens (tertiary/aromatic N) is 1. The van der Waals surface area contributed by atoms with Crippen LogP contribution >= 0.6 is 23.2 Å². The van der Waals surface area contributed by atoms with E-state index in [1.165, 1.54) is 0 Å². The molecule has 1 saturated carbocycles. The minimum Gasteiger partial charge on any atom is -0.456 e. The molecule has 1 aliphatic carbocycles. The highest BCUT2D eigenvalue weighted by molar-refractivity contribution is 6.42. The number of esters is 1. The van der Waals surface area contributed by atoms with E-state index in [0.717, 1.165) is 18.4 Å². The molecule has 3 rings (SSSR count). The molecule has 0 aliphatic heterocycles. The molecular weight excluding hydrogens is 311 g/mol. The third-order valence-corrected chi connectivity index (χ3v) is 4.11. The molecule has 21 heavy (non-hydrogen) atoms. The molecule has 6 heteroatoms. The van der Waals surface area contributed by atoms with E-state index < -0.39 is 0 Å². The summed E-state index contributed by atoms with van der Waals surface area (Å²) in [7, 11) is 0. The molecule has 1 heterocycles. The first kappa shape index (κ1) is 14.3. The molecule has 0 amide bonds. The number of rotatable bonds is 4. The Bertz CT molecular complexity index is 693. The number of hydrogen-bond acceptors (Lipinski definition) is 3. The van der Waals surface area contributed by atoms with Crippen molar-refractivity contribution in [1.29, 1.82) is 0 Å². The predicted molar refractivity (Wildman–Crippen MR) is 82.7 cm³/mol. The van der Waals surface area contributed by atoms with E-state index >= 15 is 0 Å². The van der Waals surface area contributed by atoms with Gasteiger partial charge in [0.25, 0.3) is 0 Å². The summed E-state index contributed by atoms with van der Waals surface area (Å²) >= 11 is 11.8. The molecule has 0 spiro atoms. The Morgan fingerprint density at radius 3 is 2.71 bits per heavy atom. The van der Waals surface area contributed by atoms with Crippen LogP contribution in [-0.2, 0) is 11.3 Å². The van der Waals surface area contributed by atoms with Gasteiger partial charge in [0.2, 0.25) is 0 Å². The van der Waals surface area contributed by atoms with Gasteiger partial charge in [0.1, 0.15) is 12.3 Å². The fourth-order valence-corrected chi connectivity index (χ4v) is 2.49. The Labute approximate surface area is 132 Å². The second kappa shape index (κ2) is 5.62. The van der Waals surface area contributed by atoms with Gasteiger partial charge in [-0.3, -0.25) is 0 Å². The zero-order valence-electron chi connectivity index (χ0n) is 11.2. The first-order valence-corrected chi connectivity index (χ1v) is 7.38. The number of nitrogens with two attached hydrogens (primary N) is 1. The maximum Gasteiger partial charge on any atom is 0.355 e. The SMILES string of the molecule is Nc1cc(C(=O)OCc2ccc(Cl)c(Cl)c2)n(C2CC2)c1. The van der Waals surface area contributed by atoms with Crippen molar-refractivity contribution in [3.63, 3.8) is 0 Å². The average molecular weight is 325 g/mol. The number of halogens is 2. The predicted octanol–water partition coefficient (Wildman–Crippen LogP) is 4.07. The summed E-state index contributed by atoms with van der Waals surface area (Å²) in [6.07, 6.45) is 3.93. The molecular formula is C15H14Cl2N2O2. The molecule has 1 aromatic carbocycles. The molecule has 4 nitrogen and oxygen atoms in total. The number of benzene rings is 1. The van der Waals surface area contributed by atoms with Crippen LogP contribution in [0, 0.1) is 0 Å². The summed E-state index contributed by atoms with van der Waals surface area (Å²) in [5, 5.41) is 0.915. The van der Waals surface area contributed by atoms with Gasteiger partial charge in [-0.1, -0.05) is 29.3 Å². The molecule has 110 valence electrons. The van der Waals surface area contributed by atoms with Crippen LogP contribution in [0.5, 0.6) is 0 Å². The third kappa shape index (κ3) is 3.17. The summed E-state index contributed by atoms with van der Waals surface area (Å²) < 4.78 is 7.22. The fraction of sp³-hybridized carbons (Fsp3) is 0.267. The van der Waals surface area contributed by atoms with Crippen LogP contribution in [0.3, 0.4) is 0 Å². The maximum atomic E-state index is 12.2. The number of carbonyl (C=O) groups excluding carboxylic acids is 1. The minimum atomic E-state index is -0.385. The van der Waals surface area contributed by atoms with Crippen molar-refractivity contribution >= 4 is 34.9 Å². The lowest BCUT2D eigenvalue weighted by atomic mass is 10.2. The van der Waals surface area contributed by atoms with E-state index in [-0.39, 0.29) is 12.6 Å². The Kier molecular flexibility index (Phi) is 3.83. The number of nitrogen functional groups attached to an aromatic ring is 1. The van der Waals surface area contributed by atoms with Crippen LogP contribution in [0.2, 0.25) is 10.0 Å². The Balaban J connectivity index is 1.70. The number of ether oxygens (including phenoxy) is 1. The summed E-state index contributed by atoms with van der Waals surface area (Å²) in [6.45, 7) is 0.144. The van der Waals surface area contributed by atoms with E-state index in [9.17, 15) is 4.79 Å². The van der Waals surface area contributed by atoms with Gasteiger partial charge >= 0.3 is 5.97 Å². The minimum absolute atomic E-state index is 0.144. The lowest BCUT2D eigenvalue weighted by Gasteiger charge is -2.08. The Morgan fingerprint density at radius 2 is 2.05 bits per heavy atom. The van der Waals surface area contributed by atoms with Gasteiger partial charge in [0, 0.05) is 12.2 Å². The zero-order valence-corrected chi connectivity index (χ0v) is 12.7. The monoisotopic (exact) mass is 324 g/mol. The highest BCUT2D eigenvalue weighted by atomic mass is 35.5. The average Bonchev–Trinajstić information content (AvgIpc) is 3.22. The number of carbonyl (C=O) groups is 1. The van der Waals surface area contributed by atoms with E-state index in [0.29, 0.717) is 27.5 Å². The summed E-state index contributed by atoms with van der Waals surface area (Å²) in [4.78, 5) is 12.2. The van der Waals surface area contributed by atoms with E-state index in [2.05, 4.69) is 0 Å². The summed E-state index contributed by atoms with van der Waals surface area (Å²) in [5.41, 5.74) is 7.62. The van der Waals surface area contributed by atoms with Crippen LogP contribution in [0.1, 0.15) is 34.9 Å². The van der Waals surface area contributed by atoms with Gasteiger partial charge in [-0.2, -0.15) is 0 Å². The van der Waals surface area contributed by atoms with Crippen molar-refractivity contribution in [3.05, 3.63) is 51.8 Å². The van der Waals surface area contributed by atoms with Crippen LogP contribution in [0.15, 0.2) is 30.5 Å². The lowest BCUT2D eigenvalue weighted by molar-refractivity contribution is 0.0460. The van der Waals surface area contributed by atoms with Crippen LogP contribution < -0.4 is 5.73 Å². The normalized spacial score (nSPS) is 14.2. The van der Waals surface area contributed by atoms with Crippen molar-refractivity contribution in [3.8, 4) is 0 Å². The molecule has 0 unspecified atom stereocenters. The van der Waals surface area contributed by atoms with Crippen molar-refractivity contribution < 1.29 is 9.53 Å². The standard InChI is InChI=1S/C15H14Cl2N2O2/c16-12-4-1-9(5-13(12)17)8-21-15(20)14-6-10(18)7-19(14)11-2-3-11/h1,4-7,11H,2-3,8,18H2. The number of hydrogen-bond donors (Lipinski definition) is 1. The van der Waals surface area contributed by atoms with Gasteiger partial charge in [-0.05, 0) is 36.6 Å². The molecule has 1 aliphatic rings. The Hall–Kier alpha value is -1.65. The Morgan fingerprint density at radius 1 is 1.29 bits per heavy atom. The van der Waals surface area contributed by atoms with Crippen LogP contribution in [0.25, 0.3) is 0 Å². The summed E-state index contributed by atoms with van der Waals surface area (Å²) in [6, 6.07) is 7.16. The highest BCUT2D eigenvalue weighted by Gasteiger charge is 2.28. The van der Waals surface area contributed by atoms with Crippen molar-refractivity contribution in [2.75, 3.05) is 5.73 Å². The first-order valence-electron chi connectivity index (χ1n) is 6.63. The number of anilines is 1. The van der Waals surface area contributed by atoms with E-state index in [1.54, 1.807) is 30.5 Å². The van der Waals surface area contributed by atoms with E-state index in [4.69, 9.17) is 33.7 Å². The molecule has 0 saturated heterocycles. The molecule has 2 aromatic rings. The fourth-order valence-electron chi connectivity index (χ4n) is 2.17. The second-order valence-corrected chi connectivity index (χ2v) is 5.94. The first-order chi connectivity index (χ1) is 10.0. The zero-order chi connectivity index (χ0) is 15.0. The van der Waals surface area contributed by atoms with Crippen molar-refractivity contribution in [2.24, 2.45) is 0 Å². The van der Waals surface area contributed by atoms with Crippen LogP contribution in [-0.4, -0.2) is 10.5 Å². The van der Waals surface area contributed by atoms with Gasteiger partial charge < -0.3 is 15.0 Å². The van der Waals surface area contributed by atoms with Crippen molar-refractivity contribution in [2.45, 2.75) is 25.5 Å². The van der Waals surface area contributed by atoms with E-state index in [1.807, 2.05) is 4.57 Å². The van der Waals surface area contributed by atoms with Gasteiger partial charge in [0.05, 0.1) is 15.7 Å². The van der Waals surface area contributed by atoms with Crippen LogP contribution in [0.4, 0.5) is 5.69 Å². The highest BCUT2D eigenvalue weighted by Crippen LogP contribution is 2.37. The quantitative estimate of drug-likeness (QED) is 0.862. The van der Waals surface area contributed by atoms with Gasteiger partial charge in [0.15, 0.2) is 0 Å². The molecule has 0 radical (unpaired) electrons. The smallest absolute Gasteiger partial charge is 0.355 e. The lowest BCUT2D eigenvalue weighted by Crippen LogP contribution is -2.11. The maximum absolute atomic E-state index is 12.2. The molecule has 0 atom stereocenters. The topological polar surface area (TPSA) is 57.3 Å². The van der Waals surface area contributed by atoms with Gasteiger partial charge in [-0.25, -0.2) is 4.79 Å². The molecule has 2 N–H and O–H groups in total. The summed E-state index contributed by atoms with van der Waals surface area (Å²) in [5.74, 6) is -0.385. The number of aromatic nitrogens is 1. The molecule has 1 fully saturated rings. The van der Waals surface area contributed by atoms with Crippen molar-refractivity contribution in [1.82, 2.24) is 4.57 Å². The molecule has 0 bridgehead atoms. The third-order valence-electron chi connectivity index (χ3n) is 3.37. The molecule has 1 aromatic heterocycles. The second-order valence-electron chi connectivity index (χ2n) is 5.12. The largest absolute Gasteiger partial charge is 0.456 e.